The first-order valence-electron chi connectivity index (χ1n) is 9.55. The molecule has 148 valence electrons. The highest BCUT2D eigenvalue weighted by Gasteiger charge is 2.24. The zero-order valence-corrected chi connectivity index (χ0v) is 16.1. The van der Waals surface area contributed by atoms with Crippen LogP contribution in [0.15, 0.2) is 54.7 Å². The number of H-pyrrole nitrogens is 1. The summed E-state index contributed by atoms with van der Waals surface area (Å²) < 4.78 is 5.87. The van der Waals surface area contributed by atoms with Gasteiger partial charge in [-0.1, -0.05) is 29.8 Å². The Bertz CT molecular complexity index is 1030. The number of amides is 2. The third-order valence-corrected chi connectivity index (χ3v) is 4.95. The molecule has 1 aromatic heterocycles. The lowest BCUT2D eigenvalue weighted by atomic mass is 9.94. The summed E-state index contributed by atoms with van der Waals surface area (Å²) in [6.07, 6.45) is 4.05. The highest BCUT2D eigenvalue weighted by atomic mass is 16.5. The summed E-state index contributed by atoms with van der Waals surface area (Å²) in [4.78, 5) is 24.8. The number of benzene rings is 2. The number of aryl methyl sites for hydroxylation is 2. The molecule has 1 unspecified atom stereocenters. The lowest BCUT2D eigenvalue weighted by Crippen LogP contribution is -2.44. The van der Waals surface area contributed by atoms with Crippen LogP contribution in [0.25, 0.3) is 0 Å². The fraction of sp³-hybridized carbons (Fsp3) is 0.227. The first kappa shape index (κ1) is 18.7. The van der Waals surface area contributed by atoms with Crippen LogP contribution in [-0.2, 0) is 22.4 Å². The van der Waals surface area contributed by atoms with Gasteiger partial charge in [-0.05, 0) is 49.6 Å². The monoisotopic (exact) mass is 390 g/mol. The molecular weight excluding hydrogens is 368 g/mol. The van der Waals surface area contributed by atoms with Gasteiger partial charge in [0.1, 0.15) is 5.75 Å². The number of aromatic amines is 1. The van der Waals surface area contributed by atoms with E-state index in [4.69, 9.17) is 4.74 Å². The van der Waals surface area contributed by atoms with Crippen molar-refractivity contribution < 1.29 is 14.3 Å². The summed E-state index contributed by atoms with van der Waals surface area (Å²) in [5.74, 6) is -0.264. The Hall–Kier alpha value is -3.61. The Kier molecular flexibility index (Phi) is 5.29. The van der Waals surface area contributed by atoms with E-state index in [1.54, 1.807) is 18.2 Å². The van der Waals surface area contributed by atoms with Gasteiger partial charge >= 0.3 is 11.8 Å². The first-order chi connectivity index (χ1) is 14.1. The van der Waals surface area contributed by atoms with Crippen molar-refractivity contribution in [3.05, 3.63) is 71.5 Å². The maximum atomic E-state index is 12.4. The van der Waals surface area contributed by atoms with Crippen molar-refractivity contribution >= 4 is 17.5 Å². The van der Waals surface area contributed by atoms with Gasteiger partial charge in [0.15, 0.2) is 5.75 Å². The molecule has 0 bridgehead atoms. The van der Waals surface area contributed by atoms with Crippen molar-refractivity contribution in [2.45, 2.75) is 32.2 Å². The van der Waals surface area contributed by atoms with Crippen LogP contribution in [0, 0.1) is 6.92 Å². The Balaban J connectivity index is 1.39. The molecule has 29 heavy (non-hydrogen) atoms. The number of nitrogens with one attached hydrogen (secondary N) is 3. The van der Waals surface area contributed by atoms with Crippen LogP contribution in [0.4, 0.5) is 5.69 Å². The minimum atomic E-state index is -0.722. The number of carbonyl (C=O) groups excluding carboxylic acids is 2. The van der Waals surface area contributed by atoms with Crippen LogP contribution < -0.4 is 15.4 Å². The highest BCUT2D eigenvalue weighted by molar-refractivity contribution is 6.39. The van der Waals surface area contributed by atoms with Crippen molar-refractivity contribution in [1.29, 1.82) is 0 Å². The van der Waals surface area contributed by atoms with Gasteiger partial charge in [-0.15, -0.1) is 0 Å². The molecule has 0 aliphatic heterocycles. The Morgan fingerprint density at radius 3 is 2.72 bits per heavy atom. The molecule has 2 amide bonds. The molecular formula is C22H22N4O3. The zero-order chi connectivity index (χ0) is 20.2. The Labute approximate surface area is 168 Å². The van der Waals surface area contributed by atoms with E-state index in [-0.39, 0.29) is 6.04 Å². The first-order valence-corrected chi connectivity index (χ1v) is 9.55. The van der Waals surface area contributed by atoms with Crippen molar-refractivity contribution in [2.75, 3.05) is 5.32 Å². The molecule has 2 aromatic carbocycles. The average Bonchev–Trinajstić information content (AvgIpc) is 3.19. The molecule has 7 nitrogen and oxygen atoms in total. The number of ether oxygens (including phenoxy) is 1. The van der Waals surface area contributed by atoms with Crippen molar-refractivity contribution in [2.24, 2.45) is 0 Å². The summed E-state index contributed by atoms with van der Waals surface area (Å²) in [6, 6.07) is 14.5. The smallest absolute Gasteiger partial charge is 0.313 e. The summed E-state index contributed by atoms with van der Waals surface area (Å²) in [5.41, 5.74) is 3.74. The molecule has 4 rings (SSSR count). The van der Waals surface area contributed by atoms with Crippen molar-refractivity contribution in [3.8, 4) is 11.5 Å². The SMILES string of the molecule is Cc1ccc(Oc2ccccc2NC(=O)C(=O)NC2CCc3cn[nH]c3C2)cc1. The quantitative estimate of drug-likeness (QED) is 0.597. The number of para-hydroxylation sites is 2. The molecule has 0 saturated heterocycles. The number of aromatic nitrogens is 2. The summed E-state index contributed by atoms with van der Waals surface area (Å²) in [5, 5.41) is 12.4. The molecule has 1 heterocycles. The zero-order valence-electron chi connectivity index (χ0n) is 16.1. The number of carbonyl (C=O) groups is 2. The topological polar surface area (TPSA) is 96.1 Å². The lowest BCUT2D eigenvalue weighted by Gasteiger charge is -2.22. The van der Waals surface area contributed by atoms with E-state index in [0.717, 1.165) is 24.1 Å². The van der Waals surface area contributed by atoms with E-state index in [1.165, 1.54) is 5.56 Å². The van der Waals surface area contributed by atoms with Gasteiger partial charge in [0.25, 0.3) is 0 Å². The van der Waals surface area contributed by atoms with E-state index in [0.29, 0.717) is 23.6 Å². The molecule has 1 aliphatic rings. The minimum Gasteiger partial charge on any atom is -0.455 e. The maximum Gasteiger partial charge on any atom is 0.313 e. The van der Waals surface area contributed by atoms with Crippen molar-refractivity contribution in [1.82, 2.24) is 15.5 Å². The van der Waals surface area contributed by atoms with E-state index >= 15 is 0 Å². The summed E-state index contributed by atoms with van der Waals surface area (Å²) >= 11 is 0. The van der Waals surface area contributed by atoms with E-state index < -0.39 is 11.8 Å². The van der Waals surface area contributed by atoms with Crippen LogP contribution >= 0.6 is 0 Å². The number of rotatable bonds is 4. The summed E-state index contributed by atoms with van der Waals surface area (Å²) in [7, 11) is 0. The van der Waals surface area contributed by atoms with E-state index in [1.807, 2.05) is 43.5 Å². The predicted octanol–water partition coefficient (Wildman–Crippen LogP) is 3.12. The number of nitrogens with zero attached hydrogens (tertiary/aromatic N) is 1. The molecule has 1 aliphatic carbocycles. The van der Waals surface area contributed by atoms with Crippen LogP contribution in [0.3, 0.4) is 0 Å². The molecule has 3 N–H and O–H groups in total. The van der Waals surface area contributed by atoms with Crippen LogP contribution in [0.5, 0.6) is 11.5 Å². The fourth-order valence-corrected chi connectivity index (χ4v) is 3.35. The molecule has 0 spiro atoms. The largest absolute Gasteiger partial charge is 0.455 e. The number of hydrogen-bond acceptors (Lipinski definition) is 4. The van der Waals surface area contributed by atoms with Crippen LogP contribution in [-0.4, -0.2) is 28.1 Å². The van der Waals surface area contributed by atoms with Gasteiger partial charge in [-0.3, -0.25) is 14.7 Å². The van der Waals surface area contributed by atoms with Crippen molar-refractivity contribution in [3.63, 3.8) is 0 Å². The van der Waals surface area contributed by atoms with Gasteiger partial charge in [0.05, 0.1) is 11.9 Å². The minimum absolute atomic E-state index is 0.0970. The second-order valence-corrected chi connectivity index (χ2v) is 7.15. The number of anilines is 1. The Morgan fingerprint density at radius 1 is 1.10 bits per heavy atom. The Morgan fingerprint density at radius 2 is 1.90 bits per heavy atom. The van der Waals surface area contributed by atoms with Gasteiger partial charge in [-0.25, -0.2) is 0 Å². The molecule has 0 radical (unpaired) electrons. The van der Waals surface area contributed by atoms with Gasteiger partial charge in [-0.2, -0.15) is 5.10 Å². The van der Waals surface area contributed by atoms with Crippen LogP contribution in [0.2, 0.25) is 0 Å². The number of hydrogen-bond donors (Lipinski definition) is 3. The van der Waals surface area contributed by atoms with Gasteiger partial charge in [0.2, 0.25) is 0 Å². The van der Waals surface area contributed by atoms with Gasteiger partial charge in [0, 0.05) is 18.2 Å². The highest BCUT2D eigenvalue weighted by Crippen LogP contribution is 2.29. The third-order valence-electron chi connectivity index (χ3n) is 4.95. The molecule has 7 heteroatoms. The predicted molar refractivity (Wildman–Crippen MR) is 109 cm³/mol. The second kappa shape index (κ2) is 8.18. The molecule has 0 fully saturated rings. The normalized spacial score (nSPS) is 15.3. The lowest BCUT2D eigenvalue weighted by molar-refractivity contribution is -0.136. The standard InChI is InChI=1S/C22H22N4O3/c1-14-6-10-17(11-7-14)29-20-5-3-2-4-18(20)25-22(28)21(27)24-16-9-8-15-13-23-26-19(15)12-16/h2-7,10-11,13,16H,8-9,12H2,1H3,(H,23,26)(H,24,27)(H,25,28). The average molecular weight is 390 g/mol. The molecule has 3 aromatic rings. The molecule has 1 atom stereocenters. The third kappa shape index (κ3) is 4.45. The second-order valence-electron chi connectivity index (χ2n) is 7.15. The number of fused-ring (bicyclic) bond motifs is 1. The van der Waals surface area contributed by atoms with E-state index in [9.17, 15) is 9.59 Å². The maximum absolute atomic E-state index is 12.4. The summed E-state index contributed by atoms with van der Waals surface area (Å²) in [6.45, 7) is 2.00. The van der Waals surface area contributed by atoms with E-state index in [2.05, 4.69) is 20.8 Å². The molecule has 0 saturated carbocycles. The fourth-order valence-electron chi connectivity index (χ4n) is 3.35. The van der Waals surface area contributed by atoms with Gasteiger partial charge < -0.3 is 15.4 Å². The van der Waals surface area contributed by atoms with Crippen LogP contribution in [0.1, 0.15) is 23.2 Å².